The molecule has 74 valence electrons. The van der Waals surface area contributed by atoms with E-state index in [2.05, 4.69) is 18.2 Å². The molecule has 2 rings (SSSR count). The Labute approximate surface area is 84.2 Å². The van der Waals surface area contributed by atoms with Crippen molar-refractivity contribution in [2.75, 3.05) is 7.11 Å². The summed E-state index contributed by atoms with van der Waals surface area (Å²) < 4.78 is 10.8. The molecule has 0 aliphatic carbocycles. The molecule has 0 fully saturated rings. The molecule has 0 radical (unpaired) electrons. The molecule has 0 bridgehead atoms. The van der Waals surface area contributed by atoms with Gasteiger partial charge < -0.3 is 9.47 Å². The fraction of sp³-hybridized carbons (Fsp3) is 0.333. The van der Waals surface area contributed by atoms with E-state index in [-0.39, 0.29) is 12.4 Å². The van der Waals surface area contributed by atoms with Crippen molar-refractivity contribution < 1.29 is 9.47 Å². The van der Waals surface area contributed by atoms with Gasteiger partial charge in [-0.2, -0.15) is 0 Å². The molecule has 1 heterocycles. The Kier molecular flexibility index (Phi) is 2.96. The molecule has 1 aromatic carbocycles. The Morgan fingerprint density at radius 3 is 2.79 bits per heavy atom. The molecule has 0 amide bonds. The van der Waals surface area contributed by atoms with E-state index in [9.17, 15) is 0 Å². The Morgan fingerprint density at radius 2 is 2.07 bits per heavy atom. The molecule has 2 nitrogen and oxygen atoms in total. The van der Waals surface area contributed by atoms with Gasteiger partial charge in [0.25, 0.3) is 0 Å². The minimum absolute atomic E-state index is 0.131. The van der Waals surface area contributed by atoms with Crippen molar-refractivity contribution in [3.8, 4) is 0 Å². The van der Waals surface area contributed by atoms with Crippen LogP contribution < -0.4 is 0 Å². The van der Waals surface area contributed by atoms with E-state index in [1.165, 1.54) is 5.56 Å². The maximum atomic E-state index is 5.71. The molecule has 1 aromatic rings. The monoisotopic (exact) mass is 190 g/mol. The van der Waals surface area contributed by atoms with Crippen LogP contribution in [0.4, 0.5) is 0 Å². The third kappa shape index (κ3) is 2.03. The van der Waals surface area contributed by atoms with Crippen molar-refractivity contribution in [2.45, 2.75) is 18.8 Å². The summed E-state index contributed by atoms with van der Waals surface area (Å²) in [6.45, 7) is 0. The Morgan fingerprint density at radius 1 is 1.29 bits per heavy atom. The summed E-state index contributed by atoms with van der Waals surface area (Å²) in [7, 11) is 1.66. The lowest BCUT2D eigenvalue weighted by molar-refractivity contribution is -0.133. The molecule has 0 N–H and O–H groups in total. The first-order valence-electron chi connectivity index (χ1n) is 4.80. The summed E-state index contributed by atoms with van der Waals surface area (Å²) >= 11 is 0. The van der Waals surface area contributed by atoms with Gasteiger partial charge >= 0.3 is 0 Å². The number of ether oxygens (including phenoxy) is 2. The van der Waals surface area contributed by atoms with Crippen molar-refractivity contribution >= 4 is 0 Å². The van der Waals surface area contributed by atoms with Gasteiger partial charge in [-0.25, -0.2) is 0 Å². The second kappa shape index (κ2) is 4.40. The molecule has 0 spiro atoms. The topological polar surface area (TPSA) is 18.5 Å². The normalized spacial score (nSPS) is 26.4. The Hall–Kier alpha value is -1.12. The Bertz CT molecular complexity index is 305. The highest BCUT2D eigenvalue weighted by molar-refractivity contribution is 5.19. The summed E-state index contributed by atoms with van der Waals surface area (Å²) in [6.07, 6.45) is 4.90. The summed E-state index contributed by atoms with van der Waals surface area (Å²) in [5, 5.41) is 0. The summed E-state index contributed by atoms with van der Waals surface area (Å²) in [6, 6.07) is 10.2. The molecule has 2 heteroatoms. The maximum absolute atomic E-state index is 5.71. The van der Waals surface area contributed by atoms with Gasteiger partial charge in [-0.15, -0.1) is 0 Å². The number of rotatable bonds is 2. The van der Waals surface area contributed by atoms with E-state index >= 15 is 0 Å². The molecule has 14 heavy (non-hydrogen) atoms. The first-order valence-corrected chi connectivity index (χ1v) is 4.80. The van der Waals surface area contributed by atoms with E-state index in [1.807, 2.05) is 24.3 Å². The quantitative estimate of drug-likeness (QED) is 0.667. The van der Waals surface area contributed by atoms with Crippen LogP contribution in [-0.4, -0.2) is 13.4 Å². The molecule has 0 saturated heterocycles. The number of benzene rings is 1. The van der Waals surface area contributed by atoms with Crippen molar-refractivity contribution in [3.05, 3.63) is 48.0 Å². The average molecular weight is 190 g/mol. The van der Waals surface area contributed by atoms with E-state index in [0.29, 0.717) is 0 Å². The molecule has 1 aliphatic rings. The molecule has 0 saturated carbocycles. The first-order chi connectivity index (χ1) is 6.90. The smallest absolute Gasteiger partial charge is 0.177 e. The van der Waals surface area contributed by atoms with Gasteiger partial charge in [-0.05, 0) is 18.1 Å². The predicted octanol–water partition coefficient (Wildman–Crippen LogP) is 2.68. The van der Waals surface area contributed by atoms with Crippen molar-refractivity contribution in [2.24, 2.45) is 0 Å². The van der Waals surface area contributed by atoms with Gasteiger partial charge in [0.1, 0.15) is 0 Å². The van der Waals surface area contributed by atoms with E-state index < -0.39 is 0 Å². The zero-order chi connectivity index (χ0) is 9.80. The fourth-order valence-corrected chi connectivity index (χ4v) is 1.59. The lowest BCUT2D eigenvalue weighted by Crippen LogP contribution is -2.19. The lowest BCUT2D eigenvalue weighted by Gasteiger charge is -2.25. The standard InChI is InChI=1S/C12H14O2/c1-13-12-9-5-8-11(14-12)10-6-3-2-4-7-10/h2-7,9,11-12H,8H2,1H3/t11-,12-/m1/s1. The lowest BCUT2D eigenvalue weighted by atomic mass is 10.1. The Balaban J connectivity index is 2.10. The van der Waals surface area contributed by atoms with Crippen molar-refractivity contribution in [3.63, 3.8) is 0 Å². The van der Waals surface area contributed by atoms with Crippen LogP contribution in [0.15, 0.2) is 42.5 Å². The minimum Gasteiger partial charge on any atom is -0.352 e. The third-order valence-electron chi connectivity index (χ3n) is 2.35. The largest absolute Gasteiger partial charge is 0.352 e. The zero-order valence-electron chi connectivity index (χ0n) is 8.22. The SMILES string of the molecule is CO[C@H]1C=CC[C@H](c2ccccc2)O1. The van der Waals surface area contributed by atoms with Crippen LogP contribution >= 0.6 is 0 Å². The van der Waals surface area contributed by atoms with Crippen LogP contribution in [0.25, 0.3) is 0 Å². The molecule has 0 unspecified atom stereocenters. The van der Waals surface area contributed by atoms with E-state index in [4.69, 9.17) is 9.47 Å². The van der Waals surface area contributed by atoms with Crippen LogP contribution in [0.5, 0.6) is 0 Å². The van der Waals surface area contributed by atoms with Crippen molar-refractivity contribution in [1.82, 2.24) is 0 Å². The maximum Gasteiger partial charge on any atom is 0.177 e. The van der Waals surface area contributed by atoms with E-state index in [0.717, 1.165) is 6.42 Å². The average Bonchev–Trinajstić information content (AvgIpc) is 2.30. The van der Waals surface area contributed by atoms with Crippen LogP contribution in [0, 0.1) is 0 Å². The van der Waals surface area contributed by atoms with Crippen LogP contribution in [0.2, 0.25) is 0 Å². The fourth-order valence-electron chi connectivity index (χ4n) is 1.59. The van der Waals surface area contributed by atoms with Gasteiger partial charge in [0.15, 0.2) is 6.29 Å². The highest BCUT2D eigenvalue weighted by atomic mass is 16.7. The van der Waals surface area contributed by atoms with Crippen LogP contribution in [0.3, 0.4) is 0 Å². The van der Waals surface area contributed by atoms with Crippen molar-refractivity contribution in [1.29, 1.82) is 0 Å². The molecular weight excluding hydrogens is 176 g/mol. The highest BCUT2D eigenvalue weighted by Gasteiger charge is 2.18. The zero-order valence-corrected chi connectivity index (χ0v) is 8.22. The summed E-state index contributed by atoms with van der Waals surface area (Å²) in [5.74, 6) is 0. The van der Waals surface area contributed by atoms with Gasteiger partial charge in [0.2, 0.25) is 0 Å². The second-order valence-corrected chi connectivity index (χ2v) is 3.30. The van der Waals surface area contributed by atoms with Gasteiger partial charge in [0.05, 0.1) is 6.10 Å². The number of hydrogen-bond acceptors (Lipinski definition) is 2. The summed E-state index contributed by atoms with van der Waals surface area (Å²) in [4.78, 5) is 0. The molecule has 0 aromatic heterocycles. The third-order valence-corrected chi connectivity index (χ3v) is 2.35. The number of hydrogen-bond donors (Lipinski definition) is 0. The predicted molar refractivity (Wildman–Crippen MR) is 54.8 cm³/mol. The van der Waals surface area contributed by atoms with Crippen LogP contribution in [-0.2, 0) is 9.47 Å². The second-order valence-electron chi connectivity index (χ2n) is 3.30. The molecule has 2 atom stereocenters. The van der Waals surface area contributed by atoms with Crippen LogP contribution in [0.1, 0.15) is 18.1 Å². The molecule has 1 aliphatic heterocycles. The first kappa shape index (κ1) is 9.44. The van der Waals surface area contributed by atoms with E-state index in [1.54, 1.807) is 7.11 Å². The molecular formula is C12H14O2. The summed E-state index contributed by atoms with van der Waals surface area (Å²) in [5.41, 5.74) is 1.21. The minimum atomic E-state index is -0.200. The van der Waals surface area contributed by atoms with Gasteiger partial charge in [-0.1, -0.05) is 36.4 Å². The number of methoxy groups -OCH3 is 1. The van der Waals surface area contributed by atoms with Gasteiger partial charge in [-0.3, -0.25) is 0 Å². The van der Waals surface area contributed by atoms with Gasteiger partial charge in [0, 0.05) is 7.11 Å². The highest BCUT2D eigenvalue weighted by Crippen LogP contribution is 2.26.